The average Bonchev–Trinajstić information content (AvgIpc) is 3.45. The number of hydrogen-bond donors (Lipinski definition) is 0. The maximum Gasteiger partial charge on any atom is 0.282 e. The minimum Gasteiger partial charge on any atom is -0.454 e. The zero-order valence-electron chi connectivity index (χ0n) is 17.8. The van der Waals surface area contributed by atoms with E-state index in [0.29, 0.717) is 22.0 Å². The lowest BCUT2D eigenvalue weighted by molar-refractivity contribution is -0.385. The molecule has 0 radical (unpaired) electrons. The summed E-state index contributed by atoms with van der Waals surface area (Å²) < 4.78 is 25.7. The predicted molar refractivity (Wildman–Crippen MR) is 126 cm³/mol. The van der Waals surface area contributed by atoms with Gasteiger partial charge in [0.25, 0.3) is 5.69 Å². The smallest absolute Gasteiger partial charge is 0.282 e. The Kier molecular flexibility index (Phi) is 5.64. The molecule has 3 aromatic carbocycles. The summed E-state index contributed by atoms with van der Waals surface area (Å²) in [6.07, 6.45) is 1.38. The molecule has 170 valence electrons. The van der Waals surface area contributed by atoms with E-state index >= 15 is 0 Å². The number of rotatable bonds is 5. The highest BCUT2D eigenvalue weighted by Crippen LogP contribution is 2.37. The Labute approximate surface area is 197 Å². The van der Waals surface area contributed by atoms with Crippen molar-refractivity contribution in [1.82, 2.24) is 4.68 Å². The van der Waals surface area contributed by atoms with Crippen molar-refractivity contribution in [2.24, 2.45) is 10.1 Å². The van der Waals surface area contributed by atoms with Crippen LogP contribution in [0.5, 0.6) is 11.5 Å². The average molecular weight is 476 g/mol. The van der Waals surface area contributed by atoms with Gasteiger partial charge in [0.05, 0.1) is 34.1 Å². The lowest BCUT2D eigenvalue weighted by Gasteiger charge is -2.05. The predicted octanol–water partition coefficient (Wildman–Crippen LogP) is 5.42. The summed E-state index contributed by atoms with van der Waals surface area (Å²) in [6, 6.07) is 16.5. The monoisotopic (exact) mass is 476 g/mol. The first-order chi connectivity index (χ1) is 16.5. The second kappa shape index (κ2) is 8.91. The fraction of sp³-hybridized carbons (Fsp3) is 0.0833. The number of halogens is 1. The van der Waals surface area contributed by atoms with Crippen molar-refractivity contribution in [3.05, 3.63) is 97.9 Å². The number of aromatic nitrogens is 1. The number of benzene rings is 3. The first kappa shape index (κ1) is 21.5. The quantitative estimate of drug-likeness (QED) is 0.219. The van der Waals surface area contributed by atoms with Crippen LogP contribution in [0, 0.1) is 22.9 Å². The first-order valence-electron chi connectivity index (χ1n) is 10.2. The maximum absolute atomic E-state index is 13.5. The maximum atomic E-state index is 13.5. The normalized spacial score (nSPS) is 13.1. The van der Waals surface area contributed by atoms with Gasteiger partial charge in [-0.25, -0.2) is 14.1 Å². The Balaban J connectivity index is 1.64. The molecule has 5 rings (SSSR count). The van der Waals surface area contributed by atoms with E-state index < -0.39 is 4.92 Å². The molecule has 10 heteroatoms. The Morgan fingerprint density at radius 1 is 1.09 bits per heavy atom. The number of aryl methyl sites for hydroxylation is 1. The van der Waals surface area contributed by atoms with Crippen molar-refractivity contribution in [3.8, 4) is 22.8 Å². The summed E-state index contributed by atoms with van der Waals surface area (Å²) in [4.78, 5) is 16.4. The molecule has 0 N–H and O–H groups in total. The number of nitrogens with zero attached hydrogens (tertiary/aromatic N) is 4. The van der Waals surface area contributed by atoms with Crippen molar-refractivity contribution in [3.63, 3.8) is 0 Å². The summed E-state index contributed by atoms with van der Waals surface area (Å²) in [6.45, 7) is 1.99. The van der Waals surface area contributed by atoms with Crippen molar-refractivity contribution < 1.29 is 18.8 Å². The summed E-state index contributed by atoms with van der Waals surface area (Å²) in [5.41, 5.74) is 3.31. The van der Waals surface area contributed by atoms with Crippen molar-refractivity contribution >= 4 is 28.9 Å². The Morgan fingerprint density at radius 2 is 1.79 bits per heavy atom. The Morgan fingerprint density at radius 3 is 2.50 bits per heavy atom. The number of nitro groups is 1. The molecule has 0 spiro atoms. The fourth-order valence-electron chi connectivity index (χ4n) is 3.37. The van der Waals surface area contributed by atoms with Crippen LogP contribution in [0.1, 0.15) is 11.1 Å². The van der Waals surface area contributed by atoms with Gasteiger partial charge in [-0.15, -0.1) is 11.3 Å². The highest BCUT2D eigenvalue weighted by Gasteiger charge is 2.22. The number of thiazole rings is 1. The van der Waals surface area contributed by atoms with Gasteiger partial charge in [0.15, 0.2) is 11.5 Å². The molecule has 4 aromatic rings. The molecule has 34 heavy (non-hydrogen) atoms. The minimum absolute atomic E-state index is 0.000652. The van der Waals surface area contributed by atoms with Crippen LogP contribution >= 0.6 is 11.3 Å². The molecule has 0 amide bonds. The third kappa shape index (κ3) is 4.30. The molecule has 0 aliphatic carbocycles. The molecule has 8 nitrogen and oxygen atoms in total. The van der Waals surface area contributed by atoms with Crippen molar-refractivity contribution in [1.29, 1.82) is 0 Å². The van der Waals surface area contributed by atoms with E-state index in [1.165, 1.54) is 41.8 Å². The SMILES string of the molecule is Cc1ccc(N=c2scc(-c3ccc(F)cc3)n2N=Cc2cc3c(cc2[N+](=O)[O-])OCO3)cc1. The van der Waals surface area contributed by atoms with Gasteiger partial charge in [-0.2, -0.15) is 5.10 Å². The van der Waals surface area contributed by atoms with E-state index in [1.54, 1.807) is 16.8 Å². The van der Waals surface area contributed by atoms with E-state index in [4.69, 9.17) is 9.47 Å². The number of hydrogen-bond acceptors (Lipinski definition) is 7. The third-order valence-electron chi connectivity index (χ3n) is 5.11. The van der Waals surface area contributed by atoms with Gasteiger partial charge in [0.1, 0.15) is 5.82 Å². The molecule has 0 unspecified atom stereocenters. The van der Waals surface area contributed by atoms with Crippen LogP contribution in [0.2, 0.25) is 0 Å². The summed E-state index contributed by atoms with van der Waals surface area (Å²) in [5, 5.41) is 18.0. The molecule has 1 aliphatic rings. The van der Waals surface area contributed by atoms with Crippen molar-refractivity contribution in [2.75, 3.05) is 6.79 Å². The largest absolute Gasteiger partial charge is 0.454 e. The van der Waals surface area contributed by atoms with Gasteiger partial charge in [-0.3, -0.25) is 10.1 Å². The Bertz CT molecular complexity index is 1470. The van der Waals surface area contributed by atoms with Gasteiger partial charge >= 0.3 is 0 Å². The van der Waals surface area contributed by atoms with Crippen LogP contribution < -0.4 is 14.3 Å². The van der Waals surface area contributed by atoms with E-state index in [2.05, 4.69) is 10.1 Å². The zero-order chi connectivity index (χ0) is 23.7. The van der Waals surface area contributed by atoms with Crippen LogP contribution in [0.3, 0.4) is 0 Å². The molecule has 0 saturated heterocycles. The van der Waals surface area contributed by atoms with Crippen LogP contribution in [-0.4, -0.2) is 22.6 Å². The van der Waals surface area contributed by atoms with Gasteiger partial charge in [0, 0.05) is 10.9 Å². The molecule has 1 aromatic heterocycles. The third-order valence-corrected chi connectivity index (χ3v) is 5.93. The van der Waals surface area contributed by atoms with Gasteiger partial charge in [-0.1, -0.05) is 17.7 Å². The van der Waals surface area contributed by atoms with Crippen LogP contribution in [0.4, 0.5) is 15.8 Å². The summed E-state index contributed by atoms with van der Waals surface area (Å²) >= 11 is 1.35. The van der Waals surface area contributed by atoms with Crippen LogP contribution in [0.25, 0.3) is 11.3 Å². The molecule has 0 atom stereocenters. The summed E-state index contributed by atoms with van der Waals surface area (Å²) in [5.74, 6) is 0.370. The number of nitro benzene ring substituents is 1. The number of ether oxygens (including phenoxy) is 2. The Hall–Kier alpha value is -4.31. The van der Waals surface area contributed by atoms with Crippen LogP contribution in [-0.2, 0) is 0 Å². The molecular weight excluding hydrogens is 459 g/mol. The zero-order valence-corrected chi connectivity index (χ0v) is 18.7. The minimum atomic E-state index is -0.500. The lowest BCUT2D eigenvalue weighted by atomic mass is 10.1. The highest BCUT2D eigenvalue weighted by atomic mass is 32.1. The van der Waals surface area contributed by atoms with E-state index in [9.17, 15) is 14.5 Å². The molecule has 2 heterocycles. The molecule has 1 aliphatic heterocycles. The topological polar surface area (TPSA) is 91.2 Å². The van der Waals surface area contributed by atoms with Gasteiger partial charge < -0.3 is 9.47 Å². The van der Waals surface area contributed by atoms with Gasteiger partial charge in [0.2, 0.25) is 11.6 Å². The van der Waals surface area contributed by atoms with E-state index in [-0.39, 0.29) is 23.9 Å². The lowest BCUT2D eigenvalue weighted by Crippen LogP contribution is -2.11. The molecule has 0 saturated carbocycles. The first-order valence-corrected chi connectivity index (χ1v) is 11.1. The van der Waals surface area contributed by atoms with Crippen LogP contribution in [0.15, 0.2) is 76.1 Å². The number of fused-ring (bicyclic) bond motifs is 1. The fourth-order valence-corrected chi connectivity index (χ4v) is 4.22. The van der Waals surface area contributed by atoms with E-state index in [1.807, 2.05) is 36.6 Å². The molecule has 0 fully saturated rings. The highest BCUT2D eigenvalue weighted by molar-refractivity contribution is 7.07. The van der Waals surface area contributed by atoms with E-state index in [0.717, 1.165) is 16.8 Å². The standard InChI is InChI=1S/C24H17FN4O4S/c1-15-2-8-19(9-3-15)27-24-28(21(13-34-24)16-4-6-18(25)7-5-16)26-12-17-10-22-23(33-14-32-22)11-20(17)29(30)31/h2-13H,14H2,1H3. The second-order valence-electron chi connectivity index (χ2n) is 7.44. The second-order valence-corrected chi connectivity index (χ2v) is 8.27. The van der Waals surface area contributed by atoms with Gasteiger partial charge in [-0.05, 0) is 49.4 Å². The van der Waals surface area contributed by atoms with Crippen molar-refractivity contribution in [2.45, 2.75) is 6.92 Å². The summed E-state index contributed by atoms with van der Waals surface area (Å²) in [7, 11) is 0. The molecule has 0 bridgehead atoms. The molecular formula is C24H17FN4O4S.